The second-order valence-electron chi connectivity index (χ2n) is 6.24. The van der Waals surface area contributed by atoms with Gasteiger partial charge in [0.15, 0.2) is 0 Å². The third kappa shape index (κ3) is 5.90. The van der Waals surface area contributed by atoms with Crippen molar-refractivity contribution in [3.05, 3.63) is 29.8 Å². The summed E-state index contributed by atoms with van der Waals surface area (Å²) in [6.07, 6.45) is 2.17. The zero-order valence-electron chi connectivity index (χ0n) is 13.8. The number of rotatable bonds is 6. The van der Waals surface area contributed by atoms with Gasteiger partial charge in [0.2, 0.25) is 0 Å². The standard InChI is InChI=1S/C17H26N4O2/c1-12(2)20-17(23)21-15-5-3-4-14(10-15)16(22)19-9-7-13-6-8-18-11-13/h3-5,10,12-13,18H,6-9,11H2,1-2H3,(H,19,22)(H2,20,21,23). The molecule has 126 valence electrons. The van der Waals surface area contributed by atoms with Crippen LogP contribution in [0.25, 0.3) is 0 Å². The average Bonchev–Trinajstić information content (AvgIpc) is 2.99. The minimum Gasteiger partial charge on any atom is -0.352 e. The summed E-state index contributed by atoms with van der Waals surface area (Å²) in [5, 5.41) is 11.7. The molecule has 6 heteroatoms. The quantitative estimate of drug-likeness (QED) is 0.647. The molecule has 2 rings (SSSR count). The van der Waals surface area contributed by atoms with Crippen molar-refractivity contribution < 1.29 is 9.59 Å². The van der Waals surface area contributed by atoms with Crippen LogP contribution in [0.5, 0.6) is 0 Å². The number of amides is 3. The maximum absolute atomic E-state index is 12.2. The predicted octanol–water partition coefficient (Wildman–Crippen LogP) is 1.95. The van der Waals surface area contributed by atoms with Crippen LogP contribution in [0.4, 0.5) is 10.5 Å². The molecule has 1 aliphatic rings. The summed E-state index contributed by atoms with van der Waals surface area (Å²) in [5.74, 6) is 0.548. The van der Waals surface area contributed by atoms with Crippen molar-refractivity contribution in [3.63, 3.8) is 0 Å². The molecule has 3 amide bonds. The fourth-order valence-electron chi connectivity index (χ4n) is 2.62. The van der Waals surface area contributed by atoms with Crippen LogP contribution >= 0.6 is 0 Å². The molecule has 1 atom stereocenters. The number of carbonyl (C=O) groups excluding carboxylic acids is 2. The molecular formula is C17H26N4O2. The van der Waals surface area contributed by atoms with Crippen LogP contribution in [0.15, 0.2) is 24.3 Å². The van der Waals surface area contributed by atoms with E-state index in [4.69, 9.17) is 0 Å². The highest BCUT2D eigenvalue weighted by atomic mass is 16.2. The van der Waals surface area contributed by atoms with Gasteiger partial charge in [-0.15, -0.1) is 0 Å². The minimum absolute atomic E-state index is 0.0616. The lowest BCUT2D eigenvalue weighted by molar-refractivity contribution is 0.0951. The van der Waals surface area contributed by atoms with Crippen LogP contribution in [0.3, 0.4) is 0 Å². The fourth-order valence-corrected chi connectivity index (χ4v) is 2.62. The van der Waals surface area contributed by atoms with Crippen LogP contribution in [0.2, 0.25) is 0 Å². The van der Waals surface area contributed by atoms with Crippen molar-refractivity contribution in [1.29, 1.82) is 0 Å². The van der Waals surface area contributed by atoms with Crippen molar-refractivity contribution in [1.82, 2.24) is 16.0 Å². The number of carbonyl (C=O) groups is 2. The van der Waals surface area contributed by atoms with E-state index < -0.39 is 0 Å². The Balaban J connectivity index is 1.82. The first-order valence-electron chi connectivity index (χ1n) is 8.21. The third-order valence-corrected chi connectivity index (χ3v) is 3.80. The number of anilines is 1. The minimum atomic E-state index is -0.272. The van der Waals surface area contributed by atoms with E-state index in [9.17, 15) is 9.59 Å². The number of hydrogen-bond acceptors (Lipinski definition) is 3. The molecule has 0 aromatic heterocycles. The number of nitrogens with one attached hydrogen (secondary N) is 4. The Kier molecular flexibility index (Phi) is 6.40. The Bertz CT molecular complexity index is 539. The molecule has 23 heavy (non-hydrogen) atoms. The van der Waals surface area contributed by atoms with Gasteiger partial charge in [0, 0.05) is 23.8 Å². The molecule has 1 fully saturated rings. The van der Waals surface area contributed by atoms with Gasteiger partial charge >= 0.3 is 6.03 Å². The molecule has 0 radical (unpaired) electrons. The molecule has 6 nitrogen and oxygen atoms in total. The zero-order valence-corrected chi connectivity index (χ0v) is 13.8. The lowest BCUT2D eigenvalue weighted by atomic mass is 10.1. The van der Waals surface area contributed by atoms with Crippen molar-refractivity contribution in [3.8, 4) is 0 Å². The van der Waals surface area contributed by atoms with Crippen molar-refractivity contribution in [2.45, 2.75) is 32.7 Å². The second-order valence-corrected chi connectivity index (χ2v) is 6.24. The lowest BCUT2D eigenvalue weighted by Crippen LogP contribution is -2.34. The predicted molar refractivity (Wildman–Crippen MR) is 91.7 cm³/mol. The van der Waals surface area contributed by atoms with E-state index in [2.05, 4.69) is 21.3 Å². The van der Waals surface area contributed by atoms with Crippen molar-refractivity contribution in [2.24, 2.45) is 5.92 Å². The summed E-state index contributed by atoms with van der Waals surface area (Å²) in [7, 11) is 0. The third-order valence-electron chi connectivity index (χ3n) is 3.80. The first kappa shape index (κ1) is 17.3. The van der Waals surface area contributed by atoms with Crippen LogP contribution in [0.1, 0.15) is 37.0 Å². The van der Waals surface area contributed by atoms with Crippen LogP contribution < -0.4 is 21.3 Å². The van der Waals surface area contributed by atoms with Gasteiger partial charge in [-0.3, -0.25) is 4.79 Å². The summed E-state index contributed by atoms with van der Waals surface area (Å²) in [6, 6.07) is 6.75. The molecule has 1 saturated heterocycles. The van der Waals surface area contributed by atoms with Crippen molar-refractivity contribution >= 4 is 17.6 Å². The monoisotopic (exact) mass is 318 g/mol. The van der Waals surface area contributed by atoms with E-state index in [-0.39, 0.29) is 18.0 Å². The Morgan fingerprint density at radius 1 is 1.35 bits per heavy atom. The van der Waals surface area contributed by atoms with E-state index in [1.54, 1.807) is 24.3 Å². The SMILES string of the molecule is CC(C)NC(=O)Nc1cccc(C(=O)NCCC2CCNC2)c1. The van der Waals surface area contributed by atoms with Crippen LogP contribution in [-0.2, 0) is 0 Å². The van der Waals surface area contributed by atoms with Gasteiger partial charge in [0.05, 0.1) is 0 Å². The van der Waals surface area contributed by atoms with Crippen molar-refractivity contribution in [2.75, 3.05) is 25.0 Å². The first-order chi connectivity index (χ1) is 11.0. The Morgan fingerprint density at radius 2 is 2.17 bits per heavy atom. The average molecular weight is 318 g/mol. The fraction of sp³-hybridized carbons (Fsp3) is 0.529. The topological polar surface area (TPSA) is 82.3 Å². The highest BCUT2D eigenvalue weighted by Crippen LogP contribution is 2.12. The summed E-state index contributed by atoms with van der Waals surface area (Å²) in [5.41, 5.74) is 1.16. The lowest BCUT2D eigenvalue weighted by Gasteiger charge is -2.12. The summed E-state index contributed by atoms with van der Waals surface area (Å²) in [4.78, 5) is 23.9. The van der Waals surface area contributed by atoms with Gasteiger partial charge in [-0.05, 0) is 63.9 Å². The highest BCUT2D eigenvalue weighted by molar-refractivity contribution is 5.96. The maximum Gasteiger partial charge on any atom is 0.319 e. The molecule has 0 aliphatic carbocycles. The van der Waals surface area contributed by atoms with Gasteiger partial charge in [0.25, 0.3) is 5.91 Å². The smallest absolute Gasteiger partial charge is 0.319 e. The summed E-state index contributed by atoms with van der Waals surface area (Å²) in [6.45, 7) is 6.58. The molecule has 4 N–H and O–H groups in total. The van der Waals surface area contributed by atoms with Gasteiger partial charge in [-0.25, -0.2) is 4.79 Å². The van der Waals surface area contributed by atoms with Gasteiger partial charge in [-0.1, -0.05) is 6.07 Å². The Hall–Kier alpha value is -2.08. The Morgan fingerprint density at radius 3 is 2.87 bits per heavy atom. The molecule has 1 aromatic carbocycles. The van der Waals surface area contributed by atoms with E-state index in [1.807, 2.05) is 13.8 Å². The van der Waals surface area contributed by atoms with Gasteiger partial charge < -0.3 is 21.3 Å². The summed E-state index contributed by atoms with van der Waals surface area (Å²) < 4.78 is 0. The second kappa shape index (κ2) is 8.53. The Labute approximate surface area is 137 Å². The highest BCUT2D eigenvalue weighted by Gasteiger charge is 2.14. The largest absolute Gasteiger partial charge is 0.352 e. The van der Waals surface area contributed by atoms with E-state index in [0.717, 1.165) is 19.5 Å². The number of hydrogen-bond donors (Lipinski definition) is 4. The van der Waals surface area contributed by atoms with Crippen LogP contribution in [0, 0.1) is 5.92 Å². The number of benzene rings is 1. The summed E-state index contributed by atoms with van der Waals surface area (Å²) >= 11 is 0. The van der Waals surface area contributed by atoms with E-state index >= 15 is 0 Å². The molecule has 1 heterocycles. The van der Waals surface area contributed by atoms with E-state index in [1.165, 1.54) is 6.42 Å². The first-order valence-corrected chi connectivity index (χ1v) is 8.21. The number of urea groups is 1. The maximum atomic E-state index is 12.2. The molecule has 0 saturated carbocycles. The molecular weight excluding hydrogens is 292 g/mol. The molecule has 1 aliphatic heterocycles. The molecule has 0 spiro atoms. The van der Waals surface area contributed by atoms with Gasteiger partial charge in [-0.2, -0.15) is 0 Å². The van der Waals surface area contributed by atoms with E-state index in [0.29, 0.717) is 23.7 Å². The van der Waals surface area contributed by atoms with Crippen LogP contribution in [-0.4, -0.2) is 37.6 Å². The molecule has 0 bridgehead atoms. The zero-order chi connectivity index (χ0) is 16.7. The van der Waals surface area contributed by atoms with Gasteiger partial charge in [0.1, 0.15) is 0 Å². The molecule has 1 aromatic rings. The molecule has 1 unspecified atom stereocenters. The normalized spacial score (nSPS) is 17.1.